The Morgan fingerprint density at radius 2 is 1.71 bits per heavy atom. The van der Waals surface area contributed by atoms with E-state index < -0.39 is 0 Å². The molecule has 0 aliphatic carbocycles. The SMILES string of the molecule is Cc1cc(B2OCC(C)(C)CO2)c(C)cc1Cl. The molecule has 1 saturated heterocycles. The van der Waals surface area contributed by atoms with Gasteiger partial charge in [-0.15, -0.1) is 0 Å². The van der Waals surface area contributed by atoms with Gasteiger partial charge in [0, 0.05) is 23.7 Å². The average molecular weight is 253 g/mol. The molecule has 0 bridgehead atoms. The van der Waals surface area contributed by atoms with Crippen molar-refractivity contribution in [2.45, 2.75) is 27.7 Å². The Balaban J connectivity index is 2.21. The summed E-state index contributed by atoms with van der Waals surface area (Å²) in [4.78, 5) is 0. The summed E-state index contributed by atoms with van der Waals surface area (Å²) in [5, 5.41) is 0.794. The average Bonchev–Trinajstić information content (AvgIpc) is 2.24. The summed E-state index contributed by atoms with van der Waals surface area (Å²) in [6, 6.07) is 4.03. The number of aryl methyl sites for hydroxylation is 2. The van der Waals surface area contributed by atoms with Crippen molar-refractivity contribution in [1.82, 2.24) is 0 Å². The summed E-state index contributed by atoms with van der Waals surface area (Å²) in [5.41, 5.74) is 3.36. The van der Waals surface area contributed by atoms with Gasteiger partial charge in [-0.1, -0.05) is 31.5 Å². The molecule has 0 saturated carbocycles. The normalized spacial score (nSPS) is 19.5. The Hall–Kier alpha value is -0.505. The molecule has 1 aliphatic heterocycles. The minimum Gasteiger partial charge on any atom is -0.407 e. The molecule has 4 heteroatoms. The molecule has 1 aromatic rings. The topological polar surface area (TPSA) is 18.5 Å². The van der Waals surface area contributed by atoms with Gasteiger partial charge >= 0.3 is 7.12 Å². The molecule has 17 heavy (non-hydrogen) atoms. The summed E-state index contributed by atoms with van der Waals surface area (Å²) >= 11 is 6.09. The maximum absolute atomic E-state index is 6.09. The summed E-state index contributed by atoms with van der Waals surface area (Å²) in [7, 11) is -0.251. The molecule has 0 radical (unpaired) electrons. The van der Waals surface area contributed by atoms with Gasteiger partial charge in [-0.05, 0) is 36.5 Å². The van der Waals surface area contributed by atoms with E-state index in [1.807, 2.05) is 19.9 Å². The van der Waals surface area contributed by atoms with Gasteiger partial charge in [0.1, 0.15) is 0 Å². The van der Waals surface area contributed by atoms with E-state index in [0.29, 0.717) is 0 Å². The molecular weight excluding hydrogens is 234 g/mol. The molecule has 0 spiro atoms. The third-order valence-corrected chi connectivity index (χ3v) is 3.46. The van der Waals surface area contributed by atoms with Crippen LogP contribution in [0.3, 0.4) is 0 Å². The van der Waals surface area contributed by atoms with E-state index >= 15 is 0 Å². The second-order valence-corrected chi connectivity index (χ2v) is 5.98. The smallest absolute Gasteiger partial charge is 0.407 e. The van der Waals surface area contributed by atoms with Crippen LogP contribution in [0.4, 0.5) is 0 Å². The maximum atomic E-state index is 6.09. The predicted molar refractivity (Wildman–Crippen MR) is 72.0 cm³/mol. The Bertz CT molecular complexity index is 422. The van der Waals surface area contributed by atoms with Crippen molar-refractivity contribution in [2.75, 3.05) is 13.2 Å². The molecular formula is C13H18BClO2. The van der Waals surface area contributed by atoms with E-state index in [1.54, 1.807) is 0 Å². The van der Waals surface area contributed by atoms with Gasteiger partial charge < -0.3 is 9.31 Å². The lowest BCUT2D eigenvalue weighted by molar-refractivity contribution is 0.0342. The van der Waals surface area contributed by atoms with Crippen molar-refractivity contribution in [2.24, 2.45) is 5.41 Å². The lowest BCUT2D eigenvalue weighted by atomic mass is 9.73. The fraction of sp³-hybridized carbons (Fsp3) is 0.538. The largest absolute Gasteiger partial charge is 0.494 e. The number of hydrogen-bond acceptors (Lipinski definition) is 2. The summed E-state index contributed by atoms with van der Waals surface area (Å²) in [6.45, 7) is 9.76. The van der Waals surface area contributed by atoms with Crippen molar-refractivity contribution in [1.29, 1.82) is 0 Å². The van der Waals surface area contributed by atoms with Crippen LogP contribution in [-0.4, -0.2) is 20.3 Å². The number of halogens is 1. The highest BCUT2D eigenvalue weighted by molar-refractivity contribution is 6.62. The summed E-state index contributed by atoms with van der Waals surface area (Å²) in [6.07, 6.45) is 0. The van der Waals surface area contributed by atoms with Gasteiger partial charge in [-0.2, -0.15) is 0 Å². The van der Waals surface area contributed by atoms with Crippen LogP contribution in [0.1, 0.15) is 25.0 Å². The third kappa shape index (κ3) is 2.84. The first kappa shape index (κ1) is 12.9. The van der Waals surface area contributed by atoms with E-state index in [4.69, 9.17) is 20.9 Å². The molecule has 1 aromatic carbocycles. The first-order valence-corrected chi connectivity index (χ1v) is 6.27. The van der Waals surface area contributed by atoms with Crippen LogP contribution in [0, 0.1) is 19.3 Å². The van der Waals surface area contributed by atoms with Crippen molar-refractivity contribution in [3.05, 3.63) is 28.3 Å². The highest BCUT2D eigenvalue weighted by Crippen LogP contribution is 2.23. The van der Waals surface area contributed by atoms with Crippen LogP contribution in [0.25, 0.3) is 0 Å². The Morgan fingerprint density at radius 1 is 1.12 bits per heavy atom. The highest BCUT2D eigenvalue weighted by atomic mass is 35.5. The molecule has 0 unspecified atom stereocenters. The van der Waals surface area contributed by atoms with Crippen molar-refractivity contribution in [3.8, 4) is 0 Å². The van der Waals surface area contributed by atoms with E-state index in [1.165, 1.54) is 0 Å². The first-order valence-electron chi connectivity index (χ1n) is 5.89. The van der Waals surface area contributed by atoms with E-state index in [2.05, 4.69) is 19.9 Å². The lowest BCUT2D eigenvalue weighted by Crippen LogP contribution is -2.48. The molecule has 92 valence electrons. The van der Waals surface area contributed by atoms with E-state index in [0.717, 1.165) is 34.8 Å². The van der Waals surface area contributed by atoms with Gasteiger partial charge in [0.25, 0.3) is 0 Å². The molecule has 2 nitrogen and oxygen atoms in total. The minimum absolute atomic E-state index is 0.103. The lowest BCUT2D eigenvalue weighted by Gasteiger charge is -2.33. The molecule has 0 aromatic heterocycles. The van der Waals surface area contributed by atoms with Crippen LogP contribution in [0.15, 0.2) is 12.1 Å². The Kier molecular flexibility index (Phi) is 3.53. The van der Waals surface area contributed by atoms with Gasteiger partial charge in [-0.25, -0.2) is 0 Å². The summed E-state index contributed by atoms with van der Waals surface area (Å²) < 4.78 is 11.6. The van der Waals surface area contributed by atoms with Crippen LogP contribution in [-0.2, 0) is 9.31 Å². The number of rotatable bonds is 1. The second kappa shape index (κ2) is 4.64. The standard InChI is InChI=1S/C13H18BClO2/c1-9-6-12(15)10(2)5-11(9)14-16-7-13(3,4)8-17-14/h5-6H,7-8H2,1-4H3. The molecule has 2 rings (SSSR count). The fourth-order valence-electron chi connectivity index (χ4n) is 1.93. The van der Waals surface area contributed by atoms with E-state index in [9.17, 15) is 0 Å². The monoisotopic (exact) mass is 252 g/mol. The molecule has 0 N–H and O–H groups in total. The quantitative estimate of drug-likeness (QED) is 0.716. The number of benzene rings is 1. The summed E-state index contributed by atoms with van der Waals surface area (Å²) in [5.74, 6) is 0. The third-order valence-electron chi connectivity index (χ3n) is 3.05. The molecule has 1 fully saturated rings. The van der Waals surface area contributed by atoms with Gasteiger partial charge in [0.15, 0.2) is 0 Å². The Labute approximate surface area is 108 Å². The first-order chi connectivity index (χ1) is 7.89. The van der Waals surface area contributed by atoms with Crippen molar-refractivity contribution >= 4 is 24.2 Å². The predicted octanol–water partition coefficient (Wildman–Crippen LogP) is 2.73. The molecule has 0 amide bonds. The highest BCUT2D eigenvalue weighted by Gasteiger charge is 2.34. The van der Waals surface area contributed by atoms with Crippen LogP contribution in [0.5, 0.6) is 0 Å². The van der Waals surface area contributed by atoms with Gasteiger partial charge in [-0.3, -0.25) is 0 Å². The Morgan fingerprint density at radius 3 is 2.29 bits per heavy atom. The van der Waals surface area contributed by atoms with Crippen LogP contribution < -0.4 is 5.46 Å². The van der Waals surface area contributed by atoms with Gasteiger partial charge in [0.05, 0.1) is 0 Å². The fourth-order valence-corrected chi connectivity index (χ4v) is 2.15. The van der Waals surface area contributed by atoms with Crippen LogP contribution >= 0.6 is 11.6 Å². The minimum atomic E-state index is -0.251. The second-order valence-electron chi connectivity index (χ2n) is 5.58. The maximum Gasteiger partial charge on any atom is 0.494 e. The van der Waals surface area contributed by atoms with E-state index in [-0.39, 0.29) is 12.5 Å². The van der Waals surface area contributed by atoms with Gasteiger partial charge in [0.2, 0.25) is 0 Å². The molecule has 1 heterocycles. The molecule has 0 atom stereocenters. The zero-order chi connectivity index (χ0) is 12.6. The molecule has 1 aliphatic rings. The van der Waals surface area contributed by atoms with Crippen molar-refractivity contribution in [3.63, 3.8) is 0 Å². The zero-order valence-corrected chi connectivity index (χ0v) is 11.6. The number of hydrogen-bond donors (Lipinski definition) is 0. The zero-order valence-electron chi connectivity index (χ0n) is 10.8. The van der Waals surface area contributed by atoms with Crippen molar-refractivity contribution < 1.29 is 9.31 Å². The van der Waals surface area contributed by atoms with Crippen LogP contribution in [0.2, 0.25) is 5.02 Å².